The molecule has 25 heavy (non-hydrogen) atoms. The Morgan fingerprint density at radius 1 is 1.24 bits per heavy atom. The second kappa shape index (κ2) is 6.80. The average Bonchev–Trinajstić information content (AvgIpc) is 2.53. The Labute approximate surface area is 140 Å². The van der Waals surface area contributed by atoms with Crippen molar-refractivity contribution in [2.45, 2.75) is 6.04 Å². The lowest BCUT2D eigenvalue weighted by Crippen LogP contribution is -2.66. The van der Waals surface area contributed by atoms with Gasteiger partial charge in [-0.05, 0) is 12.1 Å². The molecule has 0 saturated carbocycles. The van der Waals surface area contributed by atoms with E-state index in [2.05, 4.69) is 5.32 Å². The normalized spacial score (nSPS) is 16.8. The van der Waals surface area contributed by atoms with Crippen LogP contribution in [-0.2, 0) is 15.0 Å². The lowest BCUT2D eigenvalue weighted by molar-refractivity contribution is -0.137. The van der Waals surface area contributed by atoms with Crippen molar-refractivity contribution in [2.75, 3.05) is 11.9 Å². The number of carbonyl (C=O) groups is 3. The van der Waals surface area contributed by atoms with E-state index < -0.39 is 45.7 Å². The van der Waals surface area contributed by atoms with E-state index in [1.807, 2.05) is 0 Å². The Morgan fingerprint density at radius 3 is 2.48 bits per heavy atom. The van der Waals surface area contributed by atoms with E-state index in [4.69, 9.17) is 10.8 Å². The highest BCUT2D eigenvalue weighted by molar-refractivity contribution is 7.88. The molecule has 0 spiro atoms. The van der Waals surface area contributed by atoms with Crippen molar-refractivity contribution in [1.82, 2.24) is 19.9 Å². The van der Waals surface area contributed by atoms with Gasteiger partial charge in [0.2, 0.25) is 5.91 Å². The third kappa shape index (κ3) is 4.46. The molecule has 0 radical (unpaired) electrons. The topological polar surface area (TPSA) is 203 Å². The molecule has 1 heterocycles. The number of anilines is 1. The predicted molar refractivity (Wildman–Crippen MR) is 82.2 cm³/mol. The maximum Gasteiger partial charge on any atom is 0.338 e. The van der Waals surface area contributed by atoms with Crippen molar-refractivity contribution in [3.05, 3.63) is 18.2 Å². The molecule has 1 unspecified atom stereocenters. The lowest BCUT2D eigenvalue weighted by atomic mass is 10.1. The van der Waals surface area contributed by atoms with Crippen molar-refractivity contribution >= 4 is 33.9 Å². The molecule has 0 aromatic heterocycles. The zero-order chi connectivity index (χ0) is 18.8. The molecule has 2 rings (SSSR count). The van der Waals surface area contributed by atoms with Crippen molar-refractivity contribution < 1.29 is 33.0 Å². The first kappa shape index (κ1) is 18.2. The van der Waals surface area contributed by atoms with Gasteiger partial charge in [0, 0.05) is 11.8 Å². The zero-order valence-corrected chi connectivity index (χ0v) is 13.2. The third-order valence-corrected chi connectivity index (χ3v) is 3.78. The van der Waals surface area contributed by atoms with E-state index in [0.29, 0.717) is 4.90 Å². The quantitative estimate of drug-likeness (QED) is 0.134. The van der Waals surface area contributed by atoms with E-state index in [0.717, 1.165) is 12.1 Å². The number of likely N-dealkylation sites (tertiary alicyclic amines) is 1. The van der Waals surface area contributed by atoms with Crippen molar-refractivity contribution in [3.8, 4) is 11.5 Å². The smallest absolute Gasteiger partial charge is 0.338 e. The minimum Gasteiger partial charge on any atom is -0.504 e. The van der Waals surface area contributed by atoms with Crippen LogP contribution in [0.4, 0.5) is 15.3 Å². The number of rotatable bonds is 4. The van der Waals surface area contributed by atoms with Crippen molar-refractivity contribution in [1.29, 1.82) is 0 Å². The largest absolute Gasteiger partial charge is 0.504 e. The molecule has 0 aliphatic carbocycles. The van der Waals surface area contributed by atoms with Crippen LogP contribution < -0.4 is 26.0 Å². The summed E-state index contributed by atoms with van der Waals surface area (Å²) < 4.78 is 24.7. The summed E-state index contributed by atoms with van der Waals surface area (Å²) in [4.78, 5) is 36.5. The molecule has 5 amide bonds. The molecule has 1 saturated heterocycles. The van der Waals surface area contributed by atoms with Gasteiger partial charge >= 0.3 is 22.3 Å². The summed E-state index contributed by atoms with van der Waals surface area (Å²) >= 11 is 0. The Kier molecular flexibility index (Phi) is 4.96. The van der Waals surface area contributed by atoms with Gasteiger partial charge in [-0.1, -0.05) is 0 Å². The van der Waals surface area contributed by atoms with Gasteiger partial charge in [-0.2, -0.15) is 8.42 Å². The number of urea groups is 2. The number of hydrogen-bond acceptors (Lipinski definition) is 8. The summed E-state index contributed by atoms with van der Waals surface area (Å²) in [6.07, 6.45) is 0. The average molecular weight is 374 g/mol. The first-order valence-electron chi connectivity index (χ1n) is 6.58. The minimum atomic E-state index is -4.49. The Bertz CT molecular complexity index is 826. The molecule has 1 aliphatic rings. The summed E-state index contributed by atoms with van der Waals surface area (Å²) in [6.45, 7) is -0.127. The van der Waals surface area contributed by atoms with Gasteiger partial charge in [-0.15, -0.1) is 4.83 Å². The Balaban J connectivity index is 1.84. The summed E-state index contributed by atoms with van der Waals surface area (Å²) in [5.74, 6) is -1.64. The van der Waals surface area contributed by atoms with Crippen molar-refractivity contribution in [3.63, 3.8) is 0 Å². The SMILES string of the molecule is NC1CN(C(=O)NS(=O)(=O)NNC(=O)Nc2ccc(O)c(O)c2)C1=O. The molecular weight excluding hydrogens is 360 g/mol. The third-order valence-electron chi connectivity index (χ3n) is 2.96. The van der Waals surface area contributed by atoms with Crippen LogP contribution in [0.3, 0.4) is 0 Å². The maximum absolute atomic E-state index is 11.6. The first-order valence-corrected chi connectivity index (χ1v) is 8.07. The molecule has 1 fully saturated rings. The number of β-lactam (4-membered cyclic amide) rings is 1. The zero-order valence-electron chi connectivity index (χ0n) is 12.4. The molecule has 1 aromatic carbocycles. The number of aromatic hydroxyl groups is 2. The number of nitrogens with two attached hydrogens (primary N) is 1. The highest BCUT2D eigenvalue weighted by Gasteiger charge is 2.39. The summed E-state index contributed by atoms with van der Waals surface area (Å²) in [6, 6.07) is 0.236. The van der Waals surface area contributed by atoms with E-state index in [9.17, 15) is 27.9 Å². The van der Waals surface area contributed by atoms with Gasteiger partial charge in [0.05, 0.1) is 6.54 Å². The highest BCUT2D eigenvalue weighted by atomic mass is 32.2. The number of hydrogen-bond donors (Lipinski definition) is 7. The Morgan fingerprint density at radius 2 is 1.92 bits per heavy atom. The molecule has 14 heteroatoms. The van der Waals surface area contributed by atoms with Gasteiger partial charge in [0.25, 0.3) is 0 Å². The van der Waals surface area contributed by atoms with Crippen LogP contribution in [0, 0.1) is 0 Å². The lowest BCUT2D eigenvalue weighted by Gasteiger charge is -2.33. The molecule has 1 aromatic rings. The van der Waals surface area contributed by atoms with Crippen LogP contribution in [0.2, 0.25) is 0 Å². The predicted octanol–water partition coefficient (Wildman–Crippen LogP) is -2.15. The maximum atomic E-state index is 11.6. The molecule has 13 nitrogen and oxygen atoms in total. The van der Waals surface area contributed by atoms with Crippen LogP contribution in [0.5, 0.6) is 11.5 Å². The number of amides is 5. The molecule has 8 N–H and O–H groups in total. The number of phenols is 2. The second-order valence-electron chi connectivity index (χ2n) is 4.85. The summed E-state index contributed by atoms with van der Waals surface area (Å²) in [5.41, 5.74) is 7.05. The van der Waals surface area contributed by atoms with Crippen LogP contribution in [0.1, 0.15) is 0 Å². The number of carbonyl (C=O) groups excluding carboxylic acids is 3. The standard InChI is InChI=1S/C11H14N6O7S/c12-6-4-17(9(6)20)11(22)15-25(23,24)16-14-10(21)13-5-1-2-7(18)8(19)3-5/h1-3,6,16,18-19H,4,12H2,(H,15,22)(H2,13,14,21). The van der Waals surface area contributed by atoms with Gasteiger partial charge in [-0.25, -0.2) is 14.3 Å². The fourth-order valence-electron chi connectivity index (χ4n) is 1.71. The number of benzene rings is 1. The molecule has 0 bridgehead atoms. The highest BCUT2D eigenvalue weighted by Crippen LogP contribution is 2.27. The van der Waals surface area contributed by atoms with Gasteiger partial charge < -0.3 is 21.3 Å². The van der Waals surface area contributed by atoms with Gasteiger partial charge in [-0.3, -0.25) is 15.1 Å². The monoisotopic (exact) mass is 374 g/mol. The number of hydrazine groups is 1. The van der Waals surface area contributed by atoms with E-state index in [-0.39, 0.29) is 12.2 Å². The number of nitrogens with one attached hydrogen (secondary N) is 4. The first-order chi connectivity index (χ1) is 11.6. The fourth-order valence-corrected chi connectivity index (χ4v) is 2.33. The molecular formula is C11H14N6O7S. The van der Waals surface area contributed by atoms with E-state index in [1.54, 1.807) is 10.3 Å². The van der Waals surface area contributed by atoms with Crippen LogP contribution in [0.15, 0.2) is 18.2 Å². The Hall–Kier alpha value is -3.10. The number of imide groups is 1. The fraction of sp³-hybridized carbons (Fsp3) is 0.182. The van der Waals surface area contributed by atoms with Gasteiger partial charge in [0.15, 0.2) is 11.5 Å². The molecule has 1 aliphatic heterocycles. The van der Waals surface area contributed by atoms with Crippen LogP contribution >= 0.6 is 0 Å². The summed E-state index contributed by atoms with van der Waals surface area (Å²) in [5, 5.41) is 20.6. The van der Waals surface area contributed by atoms with Crippen molar-refractivity contribution in [2.24, 2.45) is 5.73 Å². The number of nitrogens with zero attached hydrogens (tertiary/aromatic N) is 1. The molecule has 1 atom stereocenters. The minimum absolute atomic E-state index is 0.0520. The van der Waals surface area contributed by atoms with E-state index >= 15 is 0 Å². The number of phenolic OH excluding ortho intramolecular Hbond substituents is 2. The van der Waals surface area contributed by atoms with E-state index in [1.165, 1.54) is 10.8 Å². The van der Waals surface area contributed by atoms with Gasteiger partial charge in [0.1, 0.15) is 6.04 Å². The molecule has 136 valence electrons. The summed E-state index contributed by atoms with van der Waals surface area (Å²) in [7, 11) is -4.49. The van der Waals surface area contributed by atoms with Crippen LogP contribution in [0.25, 0.3) is 0 Å². The second-order valence-corrected chi connectivity index (χ2v) is 6.27. The van der Waals surface area contributed by atoms with Crippen LogP contribution in [-0.4, -0.2) is 54.1 Å².